The molecule has 0 spiro atoms. The number of carbonyl (C=O) groups is 1. The van der Waals surface area contributed by atoms with E-state index in [1.807, 2.05) is 36.5 Å². The van der Waals surface area contributed by atoms with Gasteiger partial charge in [0, 0.05) is 22.9 Å². The molecule has 0 amide bonds. The van der Waals surface area contributed by atoms with Crippen LogP contribution < -0.4 is 0 Å². The highest BCUT2D eigenvalue weighted by molar-refractivity contribution is 5.79. The van der Waals surface area contributed by atoms with E-state index in [2.05, 4.69) is 11.2 Å². The first-order valence-electron chi connectivity index (χ1n) is 7.69. The summed E-state index contributed by atoms with van der Waals surface area (Å²) in [5.74, 6) is 0. The molecule has 25 heavy (non-hydrogen) atoms. The Bertz CT molecular complexity index is 1100. The van der Waals surface area contributed by atoms with Crippen molar-refractivity contribution in [2.75, 3.05) is 0 Å². The van der Waals surface area contributed by atoms with Crippen molar-refractivity contribution in [2.24, 2.45) is 0 Å². The van der Waals surface area contributed by atoms with Crippen LogP contribution in [-0.4, -0.2) is 20.9 Å². The van der Waals surface area contributed by atoms with Crippen LogP contribution in [0.15, 0.2) is 67.0 Å². The predicted octanol–water partition coefficient (Wildman–Crippen LogP) is 3.75. The molecule has 0 atom stereocenters. The Kier molecular flexibility index (Phi) is 3.56. The first-order chi connectivity index (χ1) is 12.3. The number of benzene rings is 2. The number of fused-ring (bicyclic) bond motifs is 1. The summed E-state index contributed by atoms with van der Waals surface area (Å²) in [4.78, 5) is 15.5. The third-order valence-corrected chi connectivity index (χ3v) is 4.04. The summed E-state index contributed by atoms with van der Waals surface area (Å²) >= 11 is 0. The maximum atomic E-state index is 10.8. The van der Waals surface area contributed by atoms with E-state index >= 15 is 0 Å². The van der Waals surface area contributed by atoms with E-state index in [0.717, 1.165) is 34.3 Å². The van der Waals surface area contributed by atoms with Gasteiger partial charge in [-0.1, -0.05) is 36.4 Å². The molecule has 0 N–H and O–H groups in total. The van der Waals surface area contributed by atoms with Crippen molar-refractivity contribution < 1.29 is 4.79 Å². The highest BCUT2D eigenvalue weighted by Crippen LogP contribution is 2.26. The van der Waals surface area contributed by atoms with Gasteiger partial charge in [-0.3, -0.25) is 4.79 Å². The van der Waals surface area contributed by atoms with Crippen LogP contribution in [0.3, 0.4) is 0 Å². The van der Waals surface area contributed by atoms with Crippen molar-refractivity contribution in [3.63, 3.8) is 0 Å². The molecule has 0 aliphatic rings. The average molecular weight is 324 g/mol. The van der Waals surface area contributed by atoms with E-state index in [0.29, 0.717) is 11.1 Å². The summed E-state index contributed by atoms with van der Waals surface area (Å²) in [5.41, 5.74) is 5.57. The molecule has 0 aliphatic carbocycles. The van der Waals surface area contributed by atoms with Crippen molar-refractivity contribution in [3.05, 3.63) is 78.1 Å². The Morgan fingerprint density at radius 1 is 0.960 bits per heavy atom. The number of nitriles is 1. The van der Waals surface area contributed by atoms with Crippen LogP contribution in [0.1, 0.15) is 15.9 Å². The third kappa shape index (κ3) is 2.66. The van der Waals surface area contributed by atoms with E-state index in [9.17, 15) is 4.79 Å². The molecule has 2 heterocycles. The van der Waals surface area contributed by atoms with Crippen LogP contribution in [0, 0.1) is 11.3 Å². The molecular weight excluding hydrogens is 312 g/mol. The predicted molar refractivity (Wildman–Crippen MR) is 94.0 cm³/mol. The minimum Gasteiger partial charge on any atom is -0.298 e. The van der Waals surface area contributed by atoms with Gasteiger partial charge in [0.05, 0.1) is 23.5 Å². The van der Waals surface area contributed by atoms with Crippen LogP contribution in [0.2, 0.25) is 0 Å². The Hall–Kier alpha value is -3.78. The molecule has 0 saturated carbocycles. The van der Waals surface area contributed by atoms with Crippen LogP contribution in [0.25, 0.3) is 28.0 Å². The van der Waals surface area contributed by atoms with Crippen molar-refractivity contribution in [1.29, 1.82) is 5.26 Å². The summed E-state index contributed by atoms with van der Waals surface area (Å²) in [6, 6.07) is 18.6. The van der Waals surface area contributed by atoms with Gasteiger partial charge in [0.1, 0.15) is 6.29 Å². The van der Waals surface area contributed by atoms with Crippen molar-refractivity contribution in [1.82, 2.24) is 14.6 Å². The number of rotatable bonds is 3. The molecule has 118 valence electrons. The van der Waals surface area contributed by atoms with Crippen molar-refractivity contribution >= 4 is 11.9 Å². The quantitative estimate of drug-likeness (QED) is 0.538. The summed E-state index contributed by atoms with van der Waals surface area (Å²) in [6.07, 6.45) is 4.45. The second-order valence-corrected chi connectivity index (χ2v) is 5.57. The normalized spacial score (nSPS) is 10.5. The minimum atomic E-state index is 0.615. The molecule has 2 aromatic carbocycles. The van der Waals surface area contributed by atoms with Gasteiger partial charge in [0.25, 0.3) is 0 Å². The van der Waals surface area contributed by atoms with Gasteiger partial charge in [-0.05, 0) is 23.8 Å². The van der Waals surface area contributed by atoms with E-state index in [4.69, 9.17) is 10.2 Å². The summed E-state index contributed by atoms with van der Waals surface area (Å²) < 4.78 is 1.72. The highest BCUT2D eigenvalue weighted by atomic mass is 16.1. The van der Waals surface area contributed by atoms with Gasteiger partial charge in [0.15, 0.2) is 5.65 Å². The van der Waals surface area contributed by atoms with Crippen molar-refractivity contribution in [3.8, 4) is 28.5 Å². The number of hydrogen-bond donors (Lipinski definition) is 0. The molecule has 0 fully saturated rings. The lowest BCUT2D eigenvalue weighted by molar-refractivity contribution is 0.112. The first-order valence-corrected chi connectivity index (χ1v) is 7.69. The molecule has 5 heteroatoms. The van der Waals surface area contributed by atoms with Gasteiger partial charge in [-0.2, -0.15) is 10.4 Å². The molecule has 2 aromatic heterocycles. The van der Waals surface area contributed by atoms with E-state index in [1.165, 1.54) is 0 Å². The van der Waals surface area contributed by atoms with Crippen LogP contribution in [0.4, 0.5) is 0 Å². The topological polar surface area (TPSA) is 71.1 Å². The lowest BCUT2D eigenvalue weighted by Crippen LogP contribution is -1.93. The average Bonchev–Trinajstić information content (AvgIpc) is 3.11. The standard InChI is InChI=1S/C20H12N4O/c21-11-14-1-5-16(6-2-14)18-12-22-24-10-9-19(23-20(18)24)17-7-3-15(13-25)4-8-17/h1-10,12-13H. The number of nitrogens with zero attached hydrogens (tertiary/aromatic N) is 4. The Balaban J connectivity index is 1.81. The fraction of sp³-hybridized carbons (Fsp3) is 0. The van der Waals surface area contributed by atoms with Crippen LogP contribution >= 0.6 is 0 Å². The zero-order chi connectivity index (χ0) is 17.2. The third-order valence-electron chi connectivity index (χ3n) is 4.04. The maximum Gasteiger partial charge on any atom is 0.163 e. The first kappa shape index (κ1) is 14.8. The van der Waals surface area contributed by atoms with Gasteiger partial charge in [-0.15, -0.1) is 0 Å². The number of aromatic nitrogens is 3. The molecule has 0 unspecified atom stereocenters. The zero-order valence-electron chi connectivity index (χ0n) is 13.1. The molecule has 0 saturated heterocycles. The van der Waals surface area contributed by atoms with E-state index < -0.39 is 0 Å². The van der Waals surface area contributed by atoms with E-state index in [1.54, 1.807) is 35.0 Å². The Morgan fingerprint density at radius 3 is 2.36 bits per heavy atom. The number of hydrogen-bond acceptors (Lipinski definition) is 4. The second kappa shape index (κ2) is 6.02. The number of carbonyl (C=O) groups excluding carboxylic acids is 1. The lowest BCUT2D eigenvalue weighted by Gasteiger charge is -2.04. The summed E-state index contributed by atoms with van der Waals surface area (Å²) in [5, 5.41) is 13.3. The lowest BCUT2D eigenvalue weighted by atomic mass is 10.1. The summed E-state index contributed by atoms with van der Waals surface area (Å²) in [7, 11) is 0. The summed E-state index contributed by atoms with van der Waals surface area (Å²) in [6.45, 7) is 0. The highest BCUT2D eigenvalue weighted by Gasteiger charge is 2.10. The van der Waals surface area contributed by atoms with Gasteiger partial charge >= 0.3 is 0 Å². The minimum absolute atomic E-state index is 0.615. The zero-order valence-corrected chi connectivity index (χ0v) is 13.1. The fourth-order valence-corrected chi connectivity index (χ4v) is 2.69. The monoisotopic (exact) mass is 324 g/mol. The Morgan fingerprint density at radius 2 is 1.68 bits per heavy atom. The molecule has 0 radical (unpaired) electrons. The van der Waals surface area contributed by atoms with Gasteiger partial charge < -0.3 is 0 Å². The number of aldehydes is 1. The van der Waals surface area contributed by atoms with Crippen molar-refractivity contribution in [2.45, 2.75) is 0 Å². The molecule has 4 aromatic rings. The molecule has 4 rings (SSSR count). The molecular formula is C20H12N4O. The van der Waals surface area contributed by atoms with Crippen LogP contribution in [0.5, 0.6) is 0 Å². The van der Waals surface area contributed by atoms with E-state index in [-0.39, 0.29) is 0 Å². The van der Waals surface area contributed by atoms with Crippen LogP contribution in [-0.2, 0) is 0 Å². The smallest absolute Gasteiger partial charge is 0.163 e. The Labute approximate surface area is 143 Å². The second-order valence-electron chi connectivity index (χ2n) is 5.57. The fourth-order valence-electron chi connectivity index (χ4n) is 2.69. The largest absolute Gasteiger partial charge is 0.298 e. The van der Waals surface area contributed by atoms with Gasteiger partial charge in [-0.25, -0.2) is 9.50 Å². The SMILES string of the molecule is N#Cc1ccc(-c2cnn3ccc(-c4ccc(C=O)cc4)nc23)cc1. The molecule has 0 aliphatic heterocycles. The molecule has 0 bridgehead atoms. The van der Waals surface area contributed by atoms with Gasteiger partial charge in [0.2, 0.25) is 0 Å². The maximum absolute atomic E-state index is 10.8. The molecule has 5 nitrogen and oxygen atoms in total.